The van der Waals surface area contributed by atoms with Gasteiger partial charge >= 0.3 is 6.03 Å². The van der Waals surface area contributed by atoms with Crippen molar-refractivity contribution in [2.45, 2.75) is 26.3 Å². The van der Waals surface area contributed by atoms with E-state index in [1.165, 1.54) is 4.90 Å². The lowest BCUT2D eigenvalue weighted by atomic mass is 10.0. The molecule has 2 heterocycles. The number of amides is 3. The van der Waals surface area contributed by atoms with Crippen LogP contribution < -0.4 is 11.1 Å². The van der Waals surface area contributed by atoms with E-state index in [9.17, 15) is 9.59 Å². The first-order valence-electron chi connectivity index (χ1n) is 7.98. The monoisotopic (exact) mass is 327 g/mol. The van der Waals surface area contributed by atoms with Crippen LogP contribution in [0.3, 0.4) is 0 Å². The fraction of sp³-hybridized carbons (Fsp3) is 0.333. The van der Waals surface area contributed by atoms with E-state index in [1.807, 2.05) is 44.2 Å². The number of nitrogens with zero attached hydrogens (tertiary/aromatic N) is 1. The van der Waals surface area contributed by atoms with Gasteiger partial charge < -0.3 is 20.4 Å². The fourth-order valence-corrected chi connectivity index (χ4v) is 3.03. The number of rotatable bonds is 3. The van der Waals surface area contributed by atoms with Crippen molar-refractivity contribution in [3.63, 3.8) is 0 Å². The van der Waals surface area contributed by atoms with Crippen LogP contribution in [0.25, 0.3) is 11.3 Å². The lowest BCUT2D eigenvalue weighted by Gasteiger charge is -2.15. The molecule has 1 aliphatic rings. The number of benzene rings is 1. The fourth-order valence-electron chi connectivity index (χ4n) is 3.03. The normalized spacial score (nSPS) is 17.1. The Kier molecular flexibility index (Phi) is 4.29. The predicted molar refractivity (Wildman–Crippen MR) is 90.6 cm³/mol. The summed E-state index contributed by atoms with van der Waals surface area (Å²) < 4.78 is 5.83. The molecule has 0 unspecified atom stereocenters. The number of nitrogens with two attached hydrogens (primary N) is 1. The van der Waals surface area contributed by atoms with Crippen LogP contribution >= 0.6 is 0 Å². The van der Waals surface area contributed by atoms with Crippen LogP contribution in [-0.4, -0.2) is 36.0 Å². The average molecular weight is 327 g/mol. The second-order valence-corrected chi connectivity index (χ2v) is 6.10. The van der Waals surface area contributed by atoms with Crippen molar-refractivity contribution in [1.82, 2.24) is 10.2 Å². The molecule has 0 bridgehead atoms. The number of likely N-dealkylation sites (tertiary alicyclic amines) is 1. The second-order valence-electron chi connectivity index (χ2n) is 6.10. The molecule has 3 rings (SSSR count). The first-order chi connectivity index (χ1) is 11.5. The smallest absolute Gasteiger partial charge is 0.314 e. The zero-order valence-electron chi connectivity index (χ0n) is 13.8. The highest BCUT2D eigenvalue weighted by Crippen LogP contribution is 2.31. The topological polar surface area (TPSA) is 88.6 Å². The third-order valence-corrected chi connectivity index (χ3v) is 4.48. The van der Waals surface area contributed by atoms with E-state index in [-0.39, 0.29) is 11.9 Å². The molecule has 6 heteroatoms. The van der Waals surface area contributed by atoms with Gasteiger partial charge in [-0.05, 0) is 20.3 Å². The lowest BCUT2D eigenvalue weighted by molar-refractivity contribution is 0.0937. The Bertz CT molecular complexity index is 767. The van der Waals surface area contributed by atoms with Crippen molar-refractivity contribution in [2.75, 3.05) is 13.1 Å². The number of nitrogens with one attached hydrogen (secondary N) is 1. The van der Waals surface area contributed by atoms with Gasteiger partial charge in [0.05, 0.1) is 5.56 Å². The summed E-state index contributed by atoms with van der Waals surface area (Å²) in [5, 5.41) is 3.00. The van der Waals surface area contributed by atoms with Gasteiger partial charge in [0.2, 0.25) is 0 Å². The van der Waals surface area contributed by atoms with Gasteiger partial charge in [-0.25, -0.2) is 4.79 Å². The summed E-state index contributed by atoms with van der Waals surface area (Å²) in [6.07, 6.45) is 0.700. The van der Waals surface area contributed by atoms with Gasteiger partial charge in [0.15, 0.2) is 0 Å². The Morgan fingerprint density at radius 1 is 1.25 bits per heavy atom. The molecule has 0 radical (unpaired) electrons. The molecule has 3 amide bonds. The van der Waals surface area contributed by atoms with Gasteiger partial charge in [-0.2, -0.15) is 0 Å². The molecule has 1 fully saturated rings. The van der Waals surface area contributed by atoms with Gasteiger partial charge in [-0.3, -0.25) is 4.79 Å². The number of carbonyl (C=O) groups excluding carboxylic acids is 2. The van der Waals surface area contributed by atoms with Crippen LogP contribution in [0.2, 0.25) is 0 Å². The van der Waals surface area contributed by atoms with E-state index in [1.54, 1.807) is 0 Å². The largest absolute Gasteiger partial charge is 0.460 e. The summed E-state index contributed by atoms with van der Waals surface area (Å²) in [7, 11) is 0. The van der Waals surface area contributed by atoms with Crippen LogP contribution in [0.4, 0.5) is 4.79 Å². The molecule has 1 aromatic carbocycles. The van der Waals surface area contributed by atoms with E-state index in [0.717, 1.165) is 16.9 Å². The number of furan rings is 1. The Hall–Kier alpha value is -2.76. The summed E-state index contributed by atoms with van der Waals surface area (Å²) in [6, 6.07) is 9.02. The van der Waals surface area contributed by atoms with Crippen molar-refractivity contribution < 1.29 is 14.0 Å². The third-order valence-electron chi connectivity index (χ3n) is 4.48. The van der Waals surface area contributed by atoms with Crippen LogP contribution in [0.15, 0.2) is 34.7 Å². The van der Waals surface area contributed by atoms with Crippen molar-refractivity contribution >= 4 is 11.9 Å². The van der Waals surface area contributed by atoms with E-state index >= 15 is 0 Å². The van der Waals surface area contributed by atoms with Crippen molar-refractivity contribution in [3.05, 3.63) is 47.2 Å². The van der Waals surface area contributed by atoms with Gasteiger partial charge in [0.25, 0.3) is 5.91 Å². The minimum absolute atomic E-state index is 0.0942. The molecule has 24 heavy (non-hydrogen) atoms. The molecule has 0 aliphatic carbocycles. The Morgan fingerprint density at radius 2 is 1.96 bits per heavy atom. The number of primary amides is 1. The number of urea groups is 1. The predicted octanol–water partition coefficient (Wildman–Crippen LogP) is 2.45. The Balaban J connectivity index is 1.84. The van der Waals surface area contributed by atoms with Crippen LogP contribution in [0.5, 0.6) is 0 Å². The van der Waals surface area contributed by atoms with E-state index in [2.05, 4.69) is 5.32 Å². The molecule has 1 atom stereocenters. The average Bonchev–Trinajstić information content (AvgIpc) is 3.14. The summed E-state index contributed by atoms with van der Waals surface area (Å²) in [5.41, 5.74) is 7.54. The van der Waals surface area contributed by atoms with E-state index in [0.29, 0.717) is 30.8 Å². The van der Waals surface area contributed by atoms with Crippen LogP contribution in [0, 0.1) is 13.8 Å². The quantitative estimate of drug-likeness (QED) is 0.907. The van der Waals surface area contributed by atoms with Crippen LogP contribution in [0.1, 0.15) is 28.1 Å². The summed E-state index contributed by atoms with van der Waals surface area (Å²) >= 11 is 0. The first kappa shape index (κ1) is 16.1. The second kappa shape index (κ2) is 6.39. The van der Waals surface area contributed by atoms with E-state index < -0.39 is 6.03 Å². The summed E-state index contributed by atoms with van der Waals surface area (Å²) in [5.74, 6) is 1.12. The highest BCUT2D eigenvalue weighted by atomic mass is 16.3. The van der Waals surface area contributed by atoms with Crippen molar-refractivity contribution in [1.29, 1.82) is 0 Å². The zero-order valence-corrected chi connectivity index (χ0v) is 13.8. The molecule has 3 N–H and O–H groups in total. The lowest BCUT2D eigenvalue weighted by Crippen LogP contribution is -2.40. The highest BCUT2D eigenvalue weighted by Gasteiger charge is 2.29. The van der Waals surface area contributed by atoms with E-state index in [4.69, 9.17) is 10.2 Å². The summed E-state index contributed by atoms with van der Waals surface area (Å²) in [6.45, 7) is 4.74. The molecule has 6 nitrogen and oxygen atoms in total. The van der Waals surface area contributed by atoms with Gasteiger partial charge in [0.1, 0.15) is 11.5 Å². The minimum atomic E-state index is -0.452. The summed E-state index contributed by atoms with van der Waals surface area (Å²) in [4.78, 5) is 25.6. The molecule has 0 saturated carbocycles. The molecule has 0 spiro atoms. The zero-order chi connectivity index (χ0) is 17.3. The van der Waals surface area contributed by atoms with Gasteiger partial charge in [0, 0.05) is 30.3 Å². The standard InChI is InChI=1S/C18H21N3O3/c1-11-12(2)24-16(13-6-4-3-5-7-13)15(11)17(22)20-14-8-9-21(10-14)18(19)23/h3-7,14H,8-10H2,1-2H3,(H2,19,23)(H,20,22)/t14-/m0/s1. The van der Waals surface area contributed by atoms with Gasteiger partial charge in [-0.1, -0.05) is 30.3 Å². The molecule has 126 valence electrons. The number of carbonyl (C=O) groups is 2. The molecular formula is C18H21N3O3. The highest BCUT2D eigenvalue weighted by molar-refractivity contribution is 6.01. The minimum Gasteiger partial charge on any atom is -0.460 e. The molecule has 1 aromatic heterocycles. The van der Waals surface area contributed by atoms with Crippen molar-refractivity contribution in [2.24, 2.45) is 5.73 Å². The number of hydrogen-bond donors (Lipinski definition) is 2. The Labute approximate surface area is 140 Å². The van der Waals surface area contributed by atoms with Crippen molar-refractivity contribution in [3.8, 4) is 11.3 Å². The molecule has 2 aromatic rings. The number of aryl methyl sites for hydroxylation is 1. The molecule has 1 aliphatic heterocycles. The third kappa shape index (κ3) is 2.99. The first-order valence-corrected chi connectivity index (χ1v) is 7.98. The maximum Gasteiger partial charge on any atom is 0.314 e. The SMILES string of the molecule is Cc1oc(-c2ccccc2)c(C(=O)N[C@H]2CCN(C(N)=O)C2)c1C. The molecule has 1 saturated heterocycles. The van der Waals surface area contributed by atoms with Gasteiger partial charge in [-0.15, -0.1) is 0 Å². The maximum atomic E-state index is 12.8. The number of hydrogen-bond acceptors (Lipinski definition) is 3. The van der Waals surface area contributed by atoms with Crippen LogP contribution in [-0.2, 0) is 0 Å². The Morgan fingerprint density at radius 3 is 2.58 bits per heavy atom. The molecular weight excluding hydrogens is 306 g/mol. The maximum absolute atomic E-state index is 12.8.